The lowest BCUT2D eigenvalue weighted by molar-refractivity contribution is 0.0953. The van der Waals surface area contributed by atoms with Gasteiger partial charge in [-0.25, -0.2) is 8.42 Å². The van der Waals surface area contributed by atoms with E-state index in [-0.39, 0.29) is 10.8 Å². The van der Waals surface area contributed by atoms with Gasteiger partial charge in [0.15, 0.2) is 0 Å². The van der Waals surface area contributed by atoms with E-state index in [0.29, 0.717) is 17.8 Å². The lowest BCUT2D eigenvalue weighted by Crippen LogP contribution is -2.26. The summed E-state index contributed by atoms with van der Waals surface area (Å²) in [5, 5.41) is 6.13. The molecule has 0 radical (unpaired) electrons. The number of para-hydroxylation sites is 1. The molecule has 0 heterocycles. The fraction of sp³-hybridized carbons (Fsp3) is 0.136. The highest BCUT2D eigenvalue weighted by atomic mass is 79.9. The van der Waals surface area contributed by atoms with Gasteiger partial charge in [0, 0.05) is 34.5 Å². The van der Waals surface area contributed by atoms with Gasteiger partial charge in [-0.15, -0.1) is 0 Å². The summed E-state index contributed by atoms with van der Waals surface area (Å²) in [6, 6.07) is 22.6. The van der Waals surface area contributed by atoms with E-state index in [9.17, 15) is 13.2 Å². The van der Waals surface area contributed by atoms with E-state index in [1.165, 1.54) is 18.2 Å². The van der Waals surface area contributed by atoms with Crippen molar-refractivity contribution in [3.63, 3.8) is 0 Å². The summed E-state index contributed by atoms with van der Waals surface area (Å²) in [5.41, 5.74) is 1.76. The van der Waals surface area contributed by atoms with Crippen LogP contribution in [0.15, 0.2) is 88.2 Å². The van der Waals surface area contributed by atoms with Crippen molar-refractivity contribution in [2.45, 2.75) is 11.3 Å². The van der Waals surface area contributed by atoms with Crippen LogP contribution in [0.25, 0.3) is 0 Å². The number of anilines is 2. The number of carbonyl (C=O) groups excluding carboxylic acids is 1. The molecule has 0 saturated heterocycles. The highest BCUT2D eigenvalue weighted by Crippen LogP contribution is 2.19. The van der Waals surface area contributed by atoms with Gasteiger partial charge in [0.05, 0.1) is 4.90 Å². The first kappa shape index (κ1) is 21.9. The third-order valence-corrected chi connectivity index (χ3v) is 6.17. The largest absolute Gasteiger partial charge is 0.385 e. The normalized spacial score (nSPS) is 11.0. The number of hydrogen-bond donors (Lipinski definition) is 3. The number of benzene rings is 3. The summed E-state index contributed by atoms with van der Waals surface area (Å²) in [6.45, 7) is 1.24. The number of halogens is 1. The molecule has 8 heteroatoms. The minimum Gasteiger partial charge on any atom is -0.385 e. The molecule has 0 aliphatic carbocycles. The zero-order valence-electron chi connectivity index (χ0n) is 16.1. The van der Waals surface area contributed by atoms with Gasteiger partial charge in [0.2, 0.25) is 0 Å². The molecule has 0 bridgehead atoms. The van der Waals surface area contributed by atoms with Gasteiger partial charge < -0.3 is 10.6 Å². The monoisotopic (exact) mass is 487 g/mol. The Bertz CT molecular complexity index is 1090. The highest BCUT2D eigenvalue weighted by Gasteiger charge is 2.15. The smallest absolute Gasteiger partial charge is 0.261 e. The van der Waals surface area contributed by atoms with E-state index in [2.05, 4.69) is 31.3 Å². The van der Waals surface area contributed by atoms with Crippen LogP contribution >= 0.6 is 15.9 Å². The Morgan fingerprint density at radius 2 is 1.53 bits per heavy atom. The average molecular weight is 488 g/mol. The van der Waals surface area contributed by atoms with Crippen molar-refractivity contribution in [2.75, 3.05) is 23.1 Å². The van der Waals surface area contributed by atoms with Crippen LogP contribution in [0, 0.1) is 0 Å². The minimum atomic E-state index is -3.73. The van der Waals surface area contributed by atoms with Gasteiger partial charge in [0.25, 0.3) is 15.9 Å². The molecular formula is C22H22BrN3O3S. The lowest BCUT2D eigenvalue weighted by Gasteiger charge is -2.10. The maximum Gasteiger partial charge on any atom is 0.261 e. The third-order valence-electron chi connectivity index (χ3n) is 4.24. The summed E-state index contributed by atoms with van der Waals surface area (Å²) in [7, 11) is -3.73. The van der Waals surface area contributed by atoms with Crippen molar-refractivity contribution >= 4 is 43.2 Å². The Morgan fingerprint density at radius 3 is 2.27 bits per heavy atom. The molecule has 0 aromatic heterocycles. The highest BCUT2D eigenvalue weighted by molar-refractivity contribution is 9.10. The molecule has 156 valence electrons. The zero-order valence-corrected chi connectivity index (χ0v) is 18.5. The Morgan fingerprint density at radius 1 is 0.833 bits per heavy atom. The van der Waals surface area contributed by atoms with Gasteiger partial charge in [-0.1, -0.05) is 40.2 Å². The van der Waals surface area contributed by atoms with E-state index in [1.54, 1.807) is 30.3 Å². The van der Waals surface area contributed by atoms with Crippen molar-refractivity contribution < 1.29 is 13.2 Å². The van der Waals surface area contributed by atoms with E-state index < -0.39 is 10.0 Å². The zero-order chi connectivity index (χ0) is 21.4. The summed E-state index contributed by atoms with van der Waals surface area (Å²) >= 11 is 3.28. The maximum absolute atomic E-state index is 12.5. The van der Waals surface area contributed by atoms with E-state index in [1.807, 2.05) is 30.3 Å². The second-order valence-corrected chi connectivity index (χ2v) is 9.14. The molecule has 0 fully saturated rings. The van der Waals surface area contributed by atoms with Crippen LogP contribution in [0.5, 0.6) is 0 Å². The molecule has 1 amide bonds. The molecule has 30 heavy (non-hydrogen) atoms. The minimum absolute atomic E-state index is 0.145. The summed E-state index contributed by atoms with van der Waals surface area (Å²) in [4.78, 5) is 12.5. The van der Waals surface area contributed by atoms with Crippen molar-refractivity contribution in [1.29, 1.82) is 0 Å². The van der Waals surface area contributed by atoms with Crippen molar-refractivity contribution in [2.24, 2.45) is 0 Å². The maximum atomic E-state index is 12.5. The van der Waals surface area contributed by atoms with Crippen LogP contribution in [-0.4, -0.2) is 27.4 Å². The fourth-order valence-corrected chi connectivity index (χ4v) is 4.05. The van der Waals surface area contributed by atoms with Crippen LogP contribution in [-0.2, 0) is 10.0 Å². The van der Waals surface area contributed by atoms with E-state index in [0.717, 1.165) is 23.1 Å². The molecule has 3 aromatic carbocycles. The number of amides is 1. The van der Waals surface area contributed by atoms with E-state index >= 15 is 0 Å². The molecule has 0 aliphatic rings. The van der Waals surface area contributed by atoms with Crippen LogP contribution in [0.4, 0.5) is 11.4 Å². The number of carbonyl (C=O) groups is 1. The first-order valence-corrected chi connectivity index (χ1v) is 11.7. The molecule has 3 N–H and O–H groups in total. The Kier molecular flexibility index (Phi) is 7.48. The Hall–Kier alpha value is -2.84. The molecule has 3 aromatic rings. The van der Waals surface area contributed by atoms with Crippen molar-refractivity contribution in [3.05, 3.63) is 88.9 Å². The number of sulfonamides is 1. The molecule has 6 nitrogen and oxygen atoms in total. The average Bonchev–Trinajstić information content (AvgIpc) is 2.74. The fourth-order valence-electron chi connectivity index (χ4n) is 2.73. The summed E-state index contributed by atoms with van der Waals surface area (Å²) in [6.07, 6.45) is 0.760. The second kappa shape index (κ2) is 10.3. The SMILES string of the molecule is O=C(NCCCNc1ccccc1)c1cccc(NS(=O)(=O)c2ccc(Br)cc2)c1. The van der Waals surface area contributed by atoms with Crippen molar-refractivity contribution in [1.82, 2.24) is 5.32 Å². The predicted molar refractivity (Wildman–Crippen MR) is 123 cm³/mol. The summed E-state index contributed by atoms with van der Waals surface area (Å²) in [5.74, 6) is -0.251. The molecule has 0 aliphatic heterocycles. The first-order chi connectivity index (χ1) is 14.4. The topological polar surface area (TPSA) is 87.3 Å². The third kappa shape index (κ3) is 6.33. The van der Waals surface area contributed by atoms with Crippen LogP contribution in [0.3, 0.4) is 0 Å². The van der Waals surface area contributed by atoms with Gasteiger partial charge in [-0.2, -0.15) is 0 Å². The van der Waals surface area contributed by atoms with Gasteiger partial charge >= 0.3 is 0 Å². The number of hydrogen-bond acceptors (Lipinski definition) is 4. The summed E-state index contributed by atoms with van der Waals surface area (Å²) < 4.78 is 28.3. The van der Waals surface area contributed by atoms with E-state index in [4.69, 9.17) is 0 Å². The molecule has 0 atom stereocenters. The lowest BCUT2D eigenvalue weighted by atomic mass is 10.2. The molecular weight excluding hydrogens is 466 g/mol. The van der Waals surface area contributed by atoms with Gasteiger partial charge in [0.1, 0.15) is 0 Å². The van der Waals surface area contributed by atoms with Crippen LogP contribution < -0.4 is 15.4 Å². The second-order valence-electron chi connectivity index (χ2n) is 6.54. The first-order valence-electron chi connectivity index (χ1n) is 9.40. The standard InChI is InChI=1S/C22H22BrN3O3S/c23-18-10-12-21(13-11-18)30(28,29)26-20-9-4-6-17(16-20)22(27)25-15-5-14-24-19-7-2-1-3-8-19/h1-4,6-13,16,24,26H,5,14-15H2,(H,25,27). The molecule has 0 spiro atoms. The molecule has 0 unspecified atom stereocenters. The number of nitrogens with one attached hydrogen (secondary N) is 3. The molecule has 3 rings (SSSR count). The van der Waals surface area contributed by atoms with Gasteiger partial charge in [-0.05, 0) is 61.0 Å². The Labute approximate surface area is 184 Å². The molecule has 0 saturated carbocycles. The quantitative estimate of drug-likeness (QED) is 0.388. The predicted octanol–water partition coefficient (Wildman–Crippen LogP) is 4.48. The number of rotatable bonds is 9. The van der Waals surface area contributed by atoms with Crippen LogP contribution in [0.2, 0.25) is 0 Å². The van der Waals surface area contributed by atoms with Crippen LogP contribution in [0.1, 0.15) is 16.8 Å². The van der Waals surface area contributed by atoms with Crippen molar-refractivity contribution in [3.8, 4) is 0 Å². The van der Waals surface area contributed by atoms with Gasteiger partial charge in [-0.3, -0.25) is 9.52 Å². The Balaban J connectivity index is 1.52.